The number of nitriles is 1. The van der Waals surface area contributed by atoms with Crippen LogP contribution in [0.4, 0.5) is 5.82 Å². The molecule has 6 nitrogen and oxygen atoms in total. The van der Waals surface area contributed by atoms with E-state index in [9.17, 15) is 5.26 Å². The number of aromatic nitrogens is 2. The predicted molar refractivity (Wildman–Crippen MR) is 102 cm³/mol. The van der Waals surface area contributed by atoms with Gasteiger partial charge in [-0.05, 0) is 6.07 Å². The van der Waals surface area contributed by atoms with Gasteiger partial charge < -0.3 is 10.1 Å². The number of ether oxygens (including phenoxy) is 1. The van der Waals surface area contributed by atoms with Crippen LogP contribution in [-0.4, -0.2) is 54.5 Å². The molecule has 1 saturated heterocycles. The van der Waals surface area contributed by atoms with Gasteiger partial charge in [0.25, 0.3) is 0 Å². The number of rotatable bonds is 5. The lowest BCUT2D eigenvalue weighted by Crippen LogP contribution is -2.39. The van der Waals surface area contributed by atoms with Crippen molar-refractivity contribution in [3.8, 4) is 17.3 Å². The van der Waals surface area contributed by atoms with Gasteiger partial charge in [0.15, 0.2) is 5.82 Å². The molecule has 1 aromatic heterocycles. The molecular weight excluding hydrogens is 361 g/mol. The van der Waals surface area contributed by atoms with Gasteiger partial charge in [0.1, 0.15) is 6.07 Å². The van der Waals surface area contributed by atoms with Crippen LogP contribution in [0.3, 0.4) is 0 Å². The summed E-state index contributed by atoms with van der Waals surface area (Å²) in [6.07, 6.45) is 0. The van der Waals surface area contributed by atoms with Crippen molar-refractivity contribution in [1.82, 2.24) is 15.1 Å². The van der Waals surface area contributed by atoms with Crippen LogP contribution >= 0.6 is 24.8 Å². The van der Waals surface area contributed by atoms with Crippen LogP contribution in [0.25, 0.3) is 11.3 Å². The number of nitrogens with one attached hydrogen (secondary N) is 1. The maximum Gasteiger partial charge on any atom is 0.166 e. The molecule has 2 heterocycles. The van der Waals surface area contributed by atoms with Gasteiger partial charge in [-0.25, -0.2) is 0 Å². The van der Waals surface area contributed by atoms with Crippen molar-refractivity contribution in [3.05, 3.63) is 42.0 Å². The van der Waals surface area contributed by atoms with Crippen molar-refractivity contribution in [2.75, 3.05) is 44.7 Å². The Kier molecular flexibility index (Phi) is 9.17. The molecule has 2 aromatic rings. The number of benzene rings is 1. The van der Waals surface area contributed by atoms with Crippen LogP contribution in [-0.2, 0) is 4.74 Å². The Hall–Kier alpha value is -1.91. The third-order valence-corrected chi connectivity index (χ3v) is 3.81. The fraction of sp³-hybridized carbons (Fsp3) is 0.353. The van der Waals surface area contributed by atoms with E-state index in [1.807, 2.05) is 30.3 Å². The van der Waals surface area contributed by atoms with Crippen molar-refractivity contribution in [3.63, 3.8) is 0 Å². The number of anilines is 1. The molecule has 25 heavy (non-hydrogen) atoms. The molecular formula is C17H21Cl2N5O. The first-order valence-electron chi connectivity index (χ1n) is 7.74. The summed E-state index contributed by atoms with van der Waals surface area (Å²) < 4.78 is 5.33. The van der Waals surface area contributed by atoms with Crippen molar-refractivity contribution in [2.24, 2.45) is 0 Å². The van der Waals surface area contributed by atoms with E-state index in [0.717, 1.165) is 45.0 Å². The van der Waals surface area contributed by atoms with E-state index in [1.165, 1.54) is 0 Å². The van der Waals surface area contributed by atoms with E-state index in [1.54, 1.807) is 6.07 Å². The fourth-order valence-electron chi connectivity index (χ4n) is 2.51. The Morgan fingerprint density at radius 2 is 1.84 bits per heavy atom. The quantitative estimate of drug-likeness (QED) is 0.857. The van der Waals surface area contributed by atoms with Crippen LogP contribution in [0, 0.1) is 11.3 Å². The first-order chi connectivity index (χ1) is 11.4. The van der Waals surface area contributed by atoms with E-state index in [0.29, 0.717) is 17.1 Å². The second-order valence-electron chi connectivity index (χ2n) is 5.35. The van der Waals surface area contributed by atoms with E-state index in [2.05, 4.69) is 26.5 Å². The monoisotopic (exact) mass is 381 g/mol. The summed E-state index contributed by atoms with van der Waals surface area (Å²) in [7, 11) is 0. The van der Waals surface area contributed by atoms with Crippen LogP contribution in [0.5, 0.6) is 0 Å². The number of hydrogen-bond donors (Lipinski definition) is 1. The molecule has 0 amide bonds. The number of nitrogens with zero attached hydrogens (tertiary/aromatic N) is 4. The minimum absolute atomic E-state index is 0. The maximum absolute atomic E-state index is 9.35. The molecule has 1 aromatic carbocycles. The summed E-state index contributed by atoms with van der Waals surface area (Å²) in [4.78, 5) is 2.33. The Bertz CT molecular complexity index is 687. The standard InChI is InChI=1S/C17H19N5O.2ClH/c18-13-15-12-16(14-4-2-1-3-5-14)20-21-17(15)19-6-7-22-8-10-23-11-9-22;;/h1-5,12H,6-11H2,(H,19,21);2*1H. The van der Waals surface area contributed by atoms with Gasteiger partial charge in [0, 0.05) is 31.7 Å². The molecule has 1 N–H and O–H groups in total. The average molecular weight is 382 g/mol. The van der Waals surface area contributed by atoms with Gasteiger partial charge in [-0.3, -0.25) is 4.90 Å². The third kappa shape index (κ3) is 5.83. The summed E-state index contributed by atoms with van der Waals surface area (Å²) >= 11 is 0. The minimum Gasteiger partial charge on any atom is -0.379 e. The SMILES string of the molecule is Cl.Cl.N#Cc1cc(-c2ccccc2)nnc1NCCN1CCOCC1. The smallest absolute Gasteiger partial charge is 0.166 e. The molecule has 0 spiro atoms. The second kappa shape index (κ2) is 10.9. The van der Waals surface area contributed by atoms with Gasteiger partial charge in [-0.2, -0.15) is 5.26 Å². The lowest BCUT2D eigenvalue weighted by Gasteiger charge is -2.26. The molecule has 0 bridgehead atoms. The molecule has 1 aliphatic heterocycles. The summed E-state index contributed by atoms with van der Waals surface area (Å²) in [5.74, 6) is 0.542. The first kappa shape index (κ1) is 21.1. The van der Waals surface area contributed by atoms with Gasteiger partial charge in [0.05, 0.1) is 24.5 Å². The predicted octanol–water partition coefficient (Wildman–Crippen LogP) is 2.60. The van der Waals surface area contributed by atoms with Crippen LogP contribution in [0.1, 0.15) is 5.56 Å². The Morgan fingerprint density at radius 3 is 2.52 bits per heavy atom. The highest BCUT2D eigenvalue weighted by molar-refractivity contribution is 5.85. The number of halogens is 2. The van der Waals surface area contributed by atoms with Crippen LogP contribution < -0.4 is 5.32 Å². The third-order valence-electron chi connectivity index (χ3n) is 3.81. The largest absolute Gasteiger partial charge is 0.379 e. The normalized spacial score (nSPS) is 13.9. The highest BCUT2D eigenvalue weighted by Crippen LogP contribution is 2.19. The van der Waals surface area contributed by atoms with Crippen molar-refractivity contribution < 1.29 is 4.74 Å². The van der Waals surface area contributed by atoms with Crippen molar-refractivity contribution >= 4 is 30.6 Å². The molecule has 134 valence electrons. The average Bonchev–Trinajstić information content (AvgIpc) is 2.63. The van der Waals surface area contributed by atoms with Crippen molar-refractivity contribution in [1.29, 1.82) is 5.26 Å². The second-order valence-corrected chi connectivity index (χ2v) is 5.35. The Balaban J connectivity index is 0.00000156. The molecule has 0 unspecified atom stereocenters. The molecule has 0 saturated carbocycles. The summed E-state index contributed by atoms with van der Waals surface area (Å²) in [5, 5.41) is 21.0. The molecule has 0 aliphatic carbocycles. The molecule has 0 radical (unpaired) electrons. The molecule has 0 atom stereocenters. The summed E-state index contributed by atoms with van der Waals surface area (Å²) in [6, 6.07) is 13.7. The van der Waals surface area contributed by atoms with Crippen LogP contribution in [0.2, 0.25) is 0 Å². The molecule has 1 aliphatic rings. The molecule has 8 heteroatoms. The zero-order valence-corrected chi connectivity index (χ0v) is 15.4. The Labute approximate surface area is 160 Å². The van der Waals surface area contributed by atoms with E-state index < -0.39 is 0 Å². The summed E-state index contributed by atoms with van der Waals surface area (Å²) in [6.45, 7) is 5.10. The summed E-state index contributed by atoms with van der Waals surface area (Å²) in [5.41, 5.74) is 2.18. The van der Waals surface area contributed by atoms with Gasteiger partial charge >= 0.3 is 0 Å². The lowest BCUT2D eigenvalue weighted by atomic mass is 10.1. The van der Waals surface area contributed by atoms with Gasteiger partial charge in [-0.15, -0.1) is 35.0 Å². The lowest BCUT2D eigenvalue weighted by molar-refractivity contribution is 0.0398. The highest BCUT2D eigenvalue weighted by atomic mass is 35.5. The van der Waals surface area contributed by atoms with E-state index in [-0.39, 0.29) is 24.8 Å². The van der Waals surface area contributed by atoms with Gasteiger partial charge in [-0.1, -0.05) is 30.3 Å². The molecule has 3 rings (SSSR count). The highest BCUT2D eigenvalue weighted by Gasteiger charge is 2.11. The van der Waals surface area contributed by atoms with E-state index in [4.69, 9.17) is 4.74 Å². The van der Waals surface area contributed by atoms with Crippen LogP contribution in [0.15, 0.2) is 36.4 Å². The van der Waals surface area contributed by atoms with Gasteiger partial charge in [0.2, 0.25) is 0 Å². The minimum atomic E-state index is 0. The van der Waals surface area contributed by atoms with E-state index >= 15 is 0 Å². The Morgan fingerprint density at radius 1 is 1.12 bits per heavy atom. The zero-order valence-electron chi connectivity index (χ0n) is 13.7. The number of morpholine rings is 1. The molecule has 1 fully saturated rings. The zero-order chi connectivity index (χ0) is 15.9. The fourth-order valence-corrected chi connectivity index (χ4v) is 2.51. The maximum atomic E-state index is 9.35. The topological polar surface area (TPSA) is 74.1 Å². The number of hydrogen-bond acceptors (Lipinski definition) is 6. The van der Waals surface area contributed by atoms with Crippen molar-refractivity contribution in [2.45, 2.75) is 0 Å². The first-order valence-corrected chi connectivity index (χ1v) is 7.74.